The largest absolute Gasteiger partial charge is 0.510 e. The molecule has 0 fully saturated rings. The molecule has 4 N–H and O–H groups in total. The summed E-state index contributed by atoms with van der Waals surface area (Å²) in [5, 5.41) is 18.5. The molecule has 0 bridgehead atoms. The van der Waals surface area contributed by atoms with Crippen molar-refractivity contribution in [3.63, 3.8) is 0 Å². The van der Waals surface area contributed by atoms with Gasteiger partial charge in [0.05, 0.1) is 18.2 Å². The molecule has 1 aliphatic heterocycles. The van der Waals surface area contributed by atoms with Crippen molar-refractivity contribution in [1.29, 1.82) is 0 Å². The number of hydrogen-bond donors (Lipinski definition) is 3. The number of aliphatic imine (C=N–C) groups is 1. The second-order valence-corrected chi connectivity index (χ2v) is 3.71. The van der Waals surface area contributed by atoms with E-state index in [1.54, 1.807) is 0 Å². The van der Waals surface area contributed by atoms with Crippen molar-refractivity contribution in [3.8, 4) is 0 Å². The van der Waals surface area contributed by atoms with Crippen LogP contribution in [-0.2, 0) is 0 Å². The standard InChI is InChI=1S/C9H13F3N2O2/c1-5-7(16)6(2-13)8(4-15,3-14-5)9(10,11)12/h3,6,15-16H,2,4,13H2,1H3. The molecule has 1 heterocycles. The molecule has 1 rings (SSSR count). The highest BCUT2D eigenvalue weighted by Crippen LogP contribution is 2.47. The van der Waals surface area contributed by atoms with Crippen LogP contribution < -0.4 is 5.73 Å². The average molecular weight is 238 g/mol. The summed E-state index contributed by atoms with van der Waals surface area (Å²) >= 11 is 0. The van der Waals surface area contributed by atoms with E-state index < -0.39 is 36.4 Å². The van der Waals surface area contributed by atoms with Gasteiger partial charge in [-0.3, -0.25) is 4.99 Å². The summed E-state index contributed by atoms with van der Waals surface area (Å²) in [5.41, 5.74) is 2.73. The van der Waals surface area contributed by atoms with Crippen LogP contribution in [0.15, 0.2) is 16.4 Å². The minimum atomic E-state index is -4.72. The van der Waals surface area contributed by atoms with E-state index in [4.69, 9.17) is 10.8 Å². The molecular formula is C9H13F3N2O2. The second kappa shape index (κ2) is 4.06. The van der Waals surface area contributed by atoms with Crippen LogP contribution in [0.25, 0.3) is 0 Å². The van der Waals surface area contributed by atoms with Gasteiger partial charge in [-0.2, -0.15) is 13.2 Å². The van der Waals surface area contributed by atoms with Gasteiger partial charge >= 0.3 is 6.18 Å². The Labute approximate surface area is 90.3 Å². The zero-order valence-corrected chi connectivity index (χ0v) is 8.62. The van der Waals surface area contributed by atoms with Crippen molar-refractivity contribution in [2.45, 2.75) is 13.1 Å². The molecule has 0 aromatic rings. The lowest BCUT2D eigenvalue weighted by molar-refractivity contribution is -0.222. The lowest BCUT2D eigenvalue weighted by Crippen LogP contribution is -2.53. The lowest BCUT2D eigenvalue weighted by Gasteiger charge is -2.39. The Morgan fingerprint density at radius 3 is 2.50 bits per heavy atom. The van der Waals surface area contributed by atoms with Gasteiger partial charge in [0, 0.05) is 12.8 Å². The van der Waals surface area contributed by atoms with Gasteiger partial charge in [-0.25, -0.2) is 0 Å². The SMILES string of the molecule is CC1=C(O)C(CN)C(CO)(C(F)(F)F)C=N1. The van der Waals surface area contributed by atoms with Gasteiger partial charge in [0.15, 0.2) is 0 Å². The monoisotopic (exact) mass is 238 g/mol. The van der Waals surface area contributed by atoms with Gasteiger partial charge in [-0.1, -0.05) is 0 Å². The molecule has 16 heavy (non-hydrogen) atoms. The van der Waals surface area contributed by atoms with Crippen molar-refractivity contribution in [2.24, 2.45) is 22.1 Å². The molecule has 7 heteroatoms. The van der Waals surface area contributed by atoms with E-state index in [0.29, 0.717) is 6.21 Å². The number of nitrogens with zero attached hydrogens (tertiary/aromatic N) is 1. The Morgan fingerprint density at radius 2 is 2.12 bits per heavy atom. The number of rotatable bonds is 2. The maximum atomic E-state index is 12.9. The molecule has 2 unspecified atom stereocenters. The quantitative estimate of drug-likeness (QED) is 0.670. The molecule has 0 aliphatic carbocycles. The number of nitrogens with two attached hydrogens (primary N) is 1. The van der Waals surface area contributed by atoms with Gasteiger partial charge in [0.2, 0.25) is 0 Å². The van der Waals surface area contributed by atoms with Crippen LogP contribution in [-0.4, -0.2) is 35.8 Å². The first kappa shape index (κ1) is 13.0. The van der Waals surface area contributed by atoms with Crippen molar-refractivity contribution >= 4 is 6.21 Å². The number of hydrogen-bond acceptors (Lipinski definition) is 4. The predicted octanol–water partition coefficient (Wildman–Crippen LogP) is 0.976. The van der Waals surface area contributed by atoms with Crippen LogP contribution in [0.5, 0.6) is 0 Å². The van der Waals surface area contributed by atoms with Gasteiger partial charge in [0.1, 0.15) is 11.2 Å². The minimum absolute atomic E-state index is 0.0868. The number of alkyl halides is 3. The zero-order valence-electron chi connectivity index (χ0n) is 8.62. The topological polar surface area (TPSA) is 78.8 Å². The number of halogens is 3. The molecule has 0 saturated carbocycles. The third-order valence-corrected chi connectivity index (χ3v) is 2.84. The Bertz CT molecular complexity index is 338. The first-order chi connectivity index (χ1) is 7.30. The lowest BCUT2D eigenvalue weighted by atomic mass is 9.73. The highest BCUT2D eigenvalue weighted by atomic mass is 19.4. The molecule has 0 aromatic carbocycles. The number of aliphatic hydroxyl groups excluding tert-OH is 2. The van der Waals surface area contributed by atoms with Crippen molar-refractivity contribution in [1.82, 2.24) is 0 Å². The van der Waals surface area contributed by atoms with E-state index >= 15 is 0 Å². The molecule has 92 valence electrons. The molecule has 0 saturated heterocycles. The Kier molecular flexibility index (Phi) is 3.30. The molecule has 4 nitrogen and oxygen atoms in total. The maximum Gasteiger partial charge on any atom is 0.402 e. The maximum absolute atomic E-state index is 12.9. The van der Waals surface area contributed by atoms with Crippen molar-refractivity contribution < 1.29 is 23.4 Å². The fourth-order valence-electron chi connectivity index (χ4n) is 1.70. The van der Waals surface area contributed by atoms with Gasteiger partial charge < -0.3 is 15.9 Å². The highest BCUT2D eigenvalue weighted by Gasteiger charge is 2.60. The summed E-state index contributed by atoms with van der Waals surface area (Å²) in [5.74, 6) is -1.91. The highest BCUT2D eigenvalue weighted by molar-refractivity contribution is 5.71. The Hall–Kier alpha value is -1.08. The summed E-state index contributed by atoms with van der Waals surface area (Å²) in [6, 6.07) is 0. The molecule has 2 atom stereocenters. The summed E-state index contributed by atoms with van der Waals surface area (Å²) in [6.45, 7) is -0.235. The van der Waals surface area contributed by atoms with Crippen molar-refractivity contribution in [3.05, 3.63) is 11.5 Å². The van der Waals surface area contributed by atoms with Crippen molar-refractivity contribution in [2.75, 3.05) is 13.2 Å². The molecule has 1 aliphatic rings. The van der Waals surface area contributed by atoms with Crippen LogP contribution in [0.4, 0.5) is 13.2 Å². The van der Waals surface area contributed by atoms with E-state index in [9.17, 15) is 18.3 Å². The second-order valence-electron chi connectivity index (χ2n) is 3.71. The van der Waals surface area contributed by atoms with E-state index in [2.05, 4.69) is 4.99 Å². The molecule has 0 spiro atoms. The smallest absolute Gasteiger partial charge is 0.402 e. The molecular weight excluding hydrogens is 225 g/mol. The van der Waals surface area contributed by atoms with E-state index in [0.717, 1.165) is 0 Å². The first-order valence-electron chi connectivity index (χ1n) is 4.62. The molecule has 0 aromatic heterocycles. The van der Waals surface area contributed by atoms with Crippen LogP contribution in [0.1, 0.15) is 6.92 Å². The fraction of sp³-hybridized carbons (Fsp3) is 0.667. The summed E-state index contributed by atoms with van der Waals surface area (Å²) in [4.78, 5) is 3.47. The molecule has 0 radical (unpaired) electrons. The Morgan fingerprint density at radius 1 is 1.56 bits per heavy atom. The summed E-state index contributed by atoms with van der Waals surface area (Å²) < 4.78 is 38.7. The number of allylic oxidation sites excluding steroid dienone is 1. The first-order valence-corrected chi connectivity index (χ1v) is 4.62. The third-order valence-electron chi connectivity index (χ3n) is 2.84. The third kappa shape index (κ3) is 1.69. The van der Waals surface area contributed by atoms with E-state index in [1.165, 1.54) is 6.92 Å². The minimum Gasteiger partial charge on any atom is -0.510 e. The normalized spacial score (nSPS) is 31.0. The van der Waals surface area contributed by atoms with Crippen LogP contribution in [0, 0.1) is 11.3 Å². The predicted molar refractivity (Wildman–Crippen MR) is 51.9 cm³/mol. The summed E-state index contributed by atoms with van der Waals surface area (Å²) in [6.07, 6.45) is -4.09. The van der Waals surface area contributed by atoms with Gasteiger partial charge in [0.25, 0.3) is 0 Å². The van der Waals surface area contributed by atoms with Crippen LogP contribution in [0.3, 0.4) is 0 Å². The van der Waals surface area contributed by atoms with Crippen LogP contribution >= 0.6 is 0 Å². The van der Waals surface area contributed by atoms with Gasteiger partial charge in [-0.05, 0) is 6.92 Å². The Balaban J connectivity index is 3.29. The van der Waals surface area contributed by atoms with E-state index in [-0.39, 0.29) is 5.70 Å². The van der Waals surface area contributed by atoms with E-state index in [1.807, 2.05) is 0 Å². The molecule has 0 amide bonds. The summed E-state index contributed by atoms with van der Waals surface area (Å²) in [7, 11) is 0. The number of aliphatic hydroxyl groups is 2. The zero-order chi connectivity index (χ0) is 12.6. The average Bonchev–Trinajstić information content (AvgIpc) is 2.20. The van der Waals surface area contributed by atoms with Crippen LogP contribution in [0.2, 0.25) is 0 Å². The van der Waals surface area contributed by atoms with Gasteiger partial charge in [-0.15, -0.1) is 0 Å². The fourth-order valence-corrected chi connectivity index (χ4v) is 1.70.